The molecule has 0 aliphatic heterocycles. The molecule has 12 heteroatoms. The number of methoxy groups -OCH3 is 1. The average molecular weight is 507 g/mol. The second kappa shape index (κ2) is 20.1. The third kappa shape index (κ3) is 22.1. The summed E-state index contributed by atoms with van der Waals surface area (Å²) < 4.78 is 30.5. The average Bonchev–Trinajstić information content (AvgIpc) is 2.79. The summed E-state index contributed by atoms with van der Waals surface area (Å²) in [4.78, 5) is 46.2. The van der Waals surface area contributed by atoms with E-state index in [4.69, 9.17) is 29.4 Å². The van der Waals surface area contributed by atoms with Gasteiger partial charge in [0.2, 0.25) is 5.91 Å². The van der Waals surface area contributed by atoms with E-state index >= 15 is 0 Å². The highest BCUT2D eigenvalue weighted by Gasteiger charge is 2.22. The quantitative estimate of drug-likeness (QED) is 0.161. The normalized spacial score (nSPS) is 12.1. The lowest BCUT2D eigenvalue weighted by molar-refractivity contribution is -0.156. The summed E-state index contributed by atoms with van der Waals surface area (Å²) in [7, 11) is 1.29. The van der Waals surface area contributed by atoms with Crippen molar-refractivity contribution >= 4 is 23.6 Å². The molecule has 0 radical (unpaired) electrons. The number of carbonyl (C=O) groups is 4. The van der Waals surface area contributed by atoms with E-state index in [2.05, 4.69) is 10.1 Å². The fourth-order valence-electron chi connectivity index (χ4n) is 2.42. The number of ether oxygens (including phenoxy) is 6. The molecular weight excluding hydrogens is 464 g/mol. The van der Waals surface area contributed by atoms with Crippen LogP contribution in [0.1, 0.15) is 46.5 Å². The van der Waals surface area contributed by atoms with Gasteiger partial charge in [0.05, 0.1) is 40.1 Å². The number of carbonyl (C=O) groups excluding carboxylic acids is 4. The van der Waals surface area contributed by atoms with E-state index in [0.717, 1.165) is 0 Å². The van der Waals surface area contributed by atoms with E-state index in [1.165, 1.54) is 7.11 Å². The van der Waals surface area contributed by atoms with Crippen LogP contribution >= 0.6 is 0 Å². The molecule has 0 bridgehead atoms. The first-order valence-corrected chi connectivity index (χ1v) is 11.7. The van der Waals surface area contributed by atoms with Gasteiger partial charge in [0, 0.05) is 26.0 Å². The molecule has 12 nitrogen and oxygen atoms in total. The molecule has 1 atom stereocenters. The Kier molecular flexibility index (Phi) is 18.9. The lowest BCUT2D eigenvalue weighted by atomic mass is 10.1. The van der Waals surface area contributed by atoms with Crippen LogP contribution in [0.4, 0.5) is 0 Å². The van der Waals surface area contributed by atoms with Gasteiger partial charge in [-0.1, -0.05) is 0 Å². The molecule has 3 N–H and O–H groups in total. The van der Waals surface area contributed by atoms with Crippen LogP contribution in [-0.2, 0) is 47.6 Å². The van der Waals surface area contributed by atoms with Crippen molar-refractivity contribution in [2.75, 3.05) is 66.5 Å². The van der Waals surface area contributed by atoms with Gasteiger partial charge >= 0.3 is 11.9 Å². The fourth-order valence-corrected chi connectivity index (χ4v) is 2.42. The van der Waals surface area contributed by atoms with Crippen molar-refractivity contribution in [2.24, 2.45) is 5.73 Å². The Balaban J connectivity index is 3.50. The SMILES string of the molecule is COC(=O)COCCOCCCC(=O)COCCOCCNC(=O)CC[C@H](N)C(=O)OC(C)(C)C. The number of nitrogens with one attached hydrogen (secondary N) is 1. The molecule has 0 fully saturated rings. The molecule has 0 aromatic carbocycles. The third-order valence-electron chi connectivity index (χ3n) is 4.16. The highest BCUT2D eigenvalue weighted by molar-refractivity contribution is 5.80. The minimum atomic E-state index is -0.845. The predicted molar refractivity (Wildman–Crippen MR) is 126 cm³/mol. The zero-order valence-corrected chi connectivity index (χ0v) is 21.4. The van der Waals surface area contributed by atoms with Crippen molar-refractivity contribution < 1.29 is 47.6 Å². The van der Waals surface area contributed by atoms with Gasteiger partial charge < -0.3 is 39.5 Å². The minimum Gasteiger partial charge on any atom is -0.467 e. The van der Waals surface area contributed by atoms with Crippen LogP contribution in [0.25, 0.3) is 0 Å². The van der Waals surface area contributed by atoms with E-state index in [1.807, 2.05) is 0 Å². The highest BCUT2D eigenvalue weighted by atomic mass is 16.6. The number of ketones is 1. The third-order valence-corrected chi connectivity index (χ3v) is 4.16. The second-order valence-electron chi connectivity index (χ2n) is 8.58. The highest BCUT2D eigenvalue weighted by Crippen LogP contribution is 2.09. The Bertz CT molecular complexity index is 622. The van der Waals surface area contributed by atoms with Crippen molar-refractivity contribution in [2.45, 2.75) is 58.1 Å². The van der Waals surface area contributed by atoms with Crippen LogP contribution < -0.4 is 11.1 Å². The van der Waals surface area contributed by atoms with Gasteiger partial charge in [0.1, 0.15) is 24.9 Å². The summed E-state index contributed by atoms with van der Waals surface area (Å²) in [6.07, 6.45) is 1.21. The Hall–Kier alpha value is -2.12. The largest absolute Gasteiger partial charge is 0.467 e. The molecule has 0 spiro atoms. The summed E-state index contributed by atoms with van der Waals surface area (Å²) >= 11 is 0. The Morgan fingerprint density at radius 3 is 2.06 bits per heavy atom. The topological polar surface area (TPSA) is 162 Å². The number of nitrogens with two attached hydrogens (primary N) is 1. The van der Waals surface area contributed by atoms with Gasteiger partial charge in [-0.2, -0.15) is 0 Å². The maximum atomic E-state index is 11.8. The van der Waals surface area contributed by atoms with E-state index in [0.29, 0.717) is 45.8 Å². The van der Waals surface area contributed by atoms with Crippen LogP contribution in [0.15, 0.2) is 0 Å². The molecule has 0 rings (SSSR count). The molecule has 0 aromatic heterocycles. The number of hydrogen-bond acceptors (Lipinski definition) is 11. The number of esters is 2. The first-order valence-electron chi connectivity index (χ1n) is 11.7. The van der Waals surface area contributed by atoms with Crippen LogP contribution in [-0.4, -0.2) is 102 Å². The Morgan fingerprint density at radius 1 is 0.829 bits per heavy atom. The van der Waals surface area contributed by atoms with Crippen molar-refractivity contribution in [1.82, 2.24) is 5.32 Å². The van der Waals surface area contributed by atoms with Crippen LogP contribution in [0.3, 0.4) is 0 Å². The molecule has 0 saturated carbocycles. The summed E-state index contributed by atoms with van der Waals surface area (Å²) in [6.45, 7) is 7.33. The molecular formula is C23H42N2O10. The Labute approximate surface area is 207 Å². The molecule has 0 unspecified atom stereocenters. The molecule has 1 amide bonds. The van der Waals surface area contributed by atoms with E-state index in [9.17, 15) is 19.2 Å². The lowest BCUT2D eigenvalue weighted by Crippen LogP contribution is -2.38. The van der Waals surface area contributed by atoms with Gasteiger partial charge in [-0.05, 0) is 33.6 Å². The number of hydrogen-bond donors (Lipinski definition) is 2. The first-order chi connectivity index (χ1) is 16.5. The van der Waals surface area contributed by atoms with E-state index in [1.54, 1.807) is 20.8 Å². The van der Waals surface area contributed by atoms with E-state index < -0.39 is 23.6 Å². The number of Topliss-reactive ketones (excluding diaryl/α,β-unsaturated/α-hetero) is 1. The van der Waals surface area contributed by atoms with Crippen molar-refractivity contribution in [1.29, 1.82) is 0 Å². The summed E-state index contributed by atoms with van der Waals surface area (Å²) in [5.41, 5.74) is 5.13. The van der Waals surface area contributed by atoms with Gasteiger partial charge in [-0.25, -0.2) is 4.79 Å². The van der Waals surface area contributed by atoms with Crippen molar-refractivity contribution in [3.8, 4) is 0 Å². The zero-order chi connectivity index (χ0) is 26.5. The first kappa shape index (κ1) is 32.9. The standard InChI is InChI=1S/C23H42N2O10/c1-23(2,3)35-22(29)19(24)7-8-20(27)25-9-11-32-13-14-33-16-18(26)6-5-10-31-12-15-34-17-21(28)30-4/h19H,5-17,24H2,1-4H3,(H,25,27)/t19-/m0/s1. The maximum absolute atomic E-state index is 11.8. The van der Waals surface area contributed by atoms with Crippen molar-refractivity contribution in [3.05, 3.63) is 0 Å². The molecule has 0 aliphatic rings. The van der Waals surface area contributed by atoms with Gasteiger partial charge in [-0.3, -0.25) is 14.4 Å². The zero-order valence-electron chi connectivity index (χ0n) is 21.4. The van der Waals surface area contributed by atoms with E-state index in [-0.39, 0.29) is 51.0 Å². The molecule has 35 heavy (non-hydrogen) atoms. The molecule has 204 valence electrons. The second-order valence-corrected chi connectivity index (χ2v) is 8.58. The van der Waals surface area contributed by atoms with Gasteiger partial charge in [0.15, 0.2) is 5.78 Å². The van der Waals surface area contributed by atoms with Gasteiger partial charge in [-0.15, -0.1) is 0 Å². The summed E-state index contributed by atoms with van der Waals surface area (Å²) in [5.74, 6) is -1.23. The van der Waals surface area contributed by atoms with Gasteiger partial charge in [0.25, 0.3) is 0 Å². The predicted octanol–water partition coefficient (Wildman–Crippen LogP) is 0.141. The van der Waals surface area contributed by atoms with Crippen LogP contribution in [0, 0.1) is 0 Å². The smallest absolute Gasteiger partial charge is 0.331 e. The number of rotatable bonds is 21. The number of amides is 1. The monoisotopic (exact) mass is 506 g/mol. The Morgan fingerprint density at radius 2 is 1.43 bits per heavy atom. The maximum Gasteiger partial charge on any atom is 0.331 e. The molecule has 0 aliphatic carbocycles. The lowest BCUT2D eigenvalue weighted by Gasteiger charge is -2.22. The minimum absolute atomic E-state index is 0.000238. The summed E-state index contributed by atoms with van der Waals surface area (Å²) in [5, 5.41) is 2.68. The molecule has 0 aromatic rings. The van der Waals surface area contributed by atoms with Crippen LogP contribution in [0.2, 0.25) is 0 Å². The summed E-state index contributed by atoms with van der Waals surface area (Å²) in [6, 6.07) is -0.845. The van der Waals surface area contributed by atoms with Crippen LogP contribution in [0.5, 0.6) is 0 Å². The van der Waals surface area contributed by atoms with Crippen molar-refractivity contribution in [3.63, 3.8) is 0 Å². The fraction of sp³-hybridized carbons (Fsp3) is 0.826. The molecule has 0 saturated heterocycles. The molecule has 0 heterocycles.